The average molecular weight is 417 g/mol. The van der Waals surface area contributed by atoms with Crippen molar-refractivity contribution < 1.29 is 13.9 Å². The minimum Gasteiger partial charge on any atom is -0.423 e. The molecule has 0 N–H and O–H groups in total. The predicted octanol–water partition coefficient (Wildman–Crippen LogP) is 5.70. The number of carbonyl (C=O) groups excluding carboxylic acids is 1. The molecule has 0 radical (unpaired) electrons. The number of carbonyl (C=O) groups is 1. The molecule has 5 nitrogen and oxygen atoms in total. The molecule has 4 aromatic carbocycles. The summed E-state index contributed by atoms with van der Waals surface area (Å²) in [7, 11) is 0. The average Bonchev–Trinajstić information content (AvgIpc) is 2.84. The van der Waals surface area contributed by atoms with E-state index in [1.54, 1.807) is 42.5 Å². The Bertz CT molecular complexity index is 1580. The fourth-order valence-electron chi connectivity index (χ4n) is 3.78. The summed E-state index contributed by atoms with van der Waals surface area (Å²) >= 11 is 0. The Morgan fingerprint density at radius 2 is 1.53 bits per heavy atom. The van der Waals surface area contributed by atoms with Gasteiger partial charge in [0.1, 0.15) is 23.0 Å². The molecule has 0 fully saturated rings. The minimum absolute atomic E-state index is 0.0311. The van der Waals surface area contributed by atoms with Crippen LogP contribution in [-0.4, -0.2) is 5.97 Å². The van der Waals surface area contributed by atoms with Crippen LogP contribution >= 0.6 is 0 Å². The number of hydrogen-bond donors (Lipinski definition) is 0. The Balaban J connectivity index is 1.66. The molecule has 1 aromatic heterocycles. The van der Waals surface area contributed by atoms with Crippen molar-refractivity contribution in [3.8, 4) is 22.9 Å². The summed E-state index contributed by atoms with van der Waals surface area (Å²) in [5.74, 6) is -0.0766. The van der Waals surface area contributed by atoms with E-state index in [1.807, 2.05) is 54.6 Å². The van der Waals surface area contributed by atoms with Gasteiger partial charge in [0, 0.05) is 16.3 Å². The summed E-state index contributed by atoms with van der Waals surface area (Å²) in [4.78, 5) is 25.0. The van der Waals surface area contributed by atoms with E-state index in [0.29, 0.717) is 33.2 Å². The lowest BCUT2D eigenvalue weighted by Crippen LogP contribution is -2.08. The van der Waals surface area contributed by atoms with Crippen molar-refractivity contribution in [1.82, 2.24) is 0 Å². The Morgan fingerprint density at radius 3 is 2.25 bits per heavy atom. The molecule has 0 amide bonds. The van der Waals surface area contributed by atoms with Crippen molar-refractivity contribution in [1.29, 1.82) is 5.26 Å². The third kappa shape index (κ3) is 3.30. The number of fused-ring (bicyclic) bond motifs is 3. The highest BCUT2D eigenvalue weighted by Crippen LogP contribution is 2.35. The Kier molecular flexibility index (Phi) is 4.74. The van der Waals surface area contributed by atoms with Crippen LogP contribution in [0.1, 0.15) is 15.9 Å². The fourth-order valence-corrected chi connectivity index (χ4v) is 3.78. The van der Waals surface area contributed by atoms with E-state index in [0.717, 1.165) is 10.9 Å². The highest BCUT2D eigenvalue weighted by atomic mass is 16.5. The summed E-state index contributed by atoms with van der Waals surface area (Å²) in [5, 5.41) is 11.7. The van der Waals surface area contributed by atoms with Crippen LogP contribution in [0, 0.1) is 11.3 Å². The van der Waals surface area contributed by atoms with Gasteiger partial charge in [0.2, 0.25) is 0 Å². The van der Waals surface area contributed by atoms with E-state index < -0.39 is 11.6 Å². The molecule has 0 atom stereocenters. The Labute approximate surface area is 182 Å². The molecule has 5 heteroatoms. The van der Waals surface area contributed by atoms with Crippen LogP contribution in [0.5, 0.6) is 5.75 Å². The number of rotatable bonds is 3. The van der Waals surface area contributed by atoms with Gasteiger partial charge in [-0.05, 0) is 47.3 Å². The first-order valence-electron chi connectivity index (χ1n) is 9.92. The van der Waals surface area contributed by atoms with Crippen molar-refractivity contribution in [2.45, 2.75) is 0 Å². The monoisotopic (exact) mass is 417 g/mol. The number of benzene rings is 4. The van der Waals surface area contributed by atoms with Crippen LogP contribution in [0.15, 0.2) is 100 Å². The summed E-state index contributed by atoms with van der Waals surface area (Å²) in [6.07, 6.45) is 0. The molecule has 0 aliphatic rings. The van der Waals surface area contributed by atoms with Gasteiger partial charge >= 0.3 is 11.6 Å². The molecule has 0 bridgehead atoms. The molecule has 152 valence electrons. The molecule has 0 aliphatic heterocycles. The van der Waals surface area contributed by atoms with Gasteiger partial charge in [-0.1, -0.05) is 54.6 Å². The van der Waals surface area contributed by atoms with Crippen molar-refractivity contribution >= 4 is 27.7 Å². The van der Waals surface area contributed by atoms with Gasteiger partial charge in [-0.3, -0.25) is 0 Å². The second-order valence-electron chi connectivity index (χ2n) is 7.20. The highest BCUT2D eigenvalue weighted by molar-refractivity contribution is 6.10. The summed E-state index contributed by atoms with van der Waals surface area (Å²) in [6.45, 7) is 0. The zero-order valence-corrected chi connectivity index (χ0v) is 16.7. The van der Waals surface area contributed by atoms with Crippen LogP contribution in [0.25, 0.3) is 32.9 Å². The normalized spacial score (nSPS) is 10.7. The number of ether oxygens (including phenoxy) is 1. The molecular formula is C27H15NO4. The first-order valence-corrected chi connectivity index (χ1v) is 9.92. The van der Waals surface area contributed by atoms with E-state index in [4.69, 9.17) is 9.15 Å². The molecule has 0 saturated carbocycles. The maximum Gasteiger partial charge on any atom is 0.354 e. The third-order valence-electron chi connectivity index (χ3n) is 5.25. The predicted molar refractivity (Wildman–Crippen MR) is 122 cm³/mol. The first-order chi connectivity index (χ1) is 15.7. The smallest absolute Gasteiger partial charge is 0.354 e. The zero-order chi connectivity index (χ0) is 22.1. The van der Waals surface area contributed by atoms with Crippen LogP contribution in [0.3, 0.4) is 0 Å². The second-order valence-corrected chi connectivity index (χ2v) is 7.20. The molecule has 0 aliphatic carbocycles. The van der Waals surface area contributed by atoms with Gasteiger partial charge in [0.15, 0.2) is 0 Å². The molecular weight excluding hydrogens is 402 g/mol. The van der Waals surface area contributed by atoms with Crippen LogP contribution in [0.2, 0.25) is 0 Å². The van der Waals surface area contributed by atoms with Crippen molar-refractivity contribution in [3.63, 3.8) is 0 Å². The molecule has 1 heterocycles. The lowest BCUT2D eigenvalue weighted by molar-refractivity contribution is 0.0735. The molecule has 5 rings (SSSR count). The van der Waals surface area contributed by atoms with E-state index >= 15 is 0 Å². The quantitative estimate of drug-likeness (QED) is 0.163. The molecule has 0 spiro atoms. The second kappa shape index (κ2) is 7.86. The topological polar surface area (TPSA) is 80.3 Å². The van der Waals surface area contributed by atoms with E-state index in [9.17, 15) is 14.9 Å². The van der Waals surface area contributed by atoms with Crippen molar-refractivity contribution in [2.75, 3.05) is 0 Å². The van der Waals surface area contributed by atoms with Gasteiger partial charge in [0.25, 0.3) is 0 Å². The number of hydrogen-bond acceptors (Lipinski definition) is 5. The summed E-state index contributed by atoms with van der Waals surface area (Å²) in [5.41, 5.74) is 1.41. The maximum absolute atomic E-state index is 12.6. The van der Waals surface area contributed by atoms with Crippen LogP contribution < -0.4 is 10.4 Å². The Hall–Kier alpha value is -4.69. The van der Waals surface area contributed by atoms with Gasteiger partial charge in [-0.25, -0.2) is 9.59 Å². The van der Waals surface area contributed by atoms with E-state index in [1.165, 1.54) is 0 Å². The molecule has 0 unspecified atom stereocenters. The fraction of sp³-hybridized carbons (Fsp3) is 0. The molecule has 32 heavy (non-hydrogen) atoms. The lowest BCUT2D eigenvalue weighted by atomic mass is 9.95. The summed E-state index contributed by atoms with van der Waals surface area (Å²) in [6, 6.07) is 28.8. The van der Waals surface area contributed by atoms with Crippen molar-refractivity contribution in [2.24, 2.45) is 0 Å². The van der Waals surface area contributed by atoms with E-state index in [-0.39, 0.29) is 5.56 Å². The van der Waals surface area contributed by atoms with Gasteiger partial charge in [0.05, 0.1) is 5.56 Å². The number of esters is 1. The van der Waals surface area contributed by atoms with Gasteiger partial charge in [-0.15, -0.1) is 0 Å². The maximum atomic E-state index is 12.6. The van der Waals surface area contributed by atoms with Crippen LogP contribution in [0.4, 0.5) is 0 Å². The largest absolute Gasteiger partial charge is 0.423 e. The standard InChI is InChI=1S/C27H15NO4/c28-16-23-24(17-7-3-1-4-8-17)22-13-11-19-15-20(12-14-21(19)25(22)32-27(23)30)31-26(29)18-9-5-2-6-10-18/h1-15H. The number of nitrogens with zero attached hydrogens (tertiary/aromatic N) is 1. The third-order valence-corrected chi connectivity index (χ3v) is 5.25. The van der Waals surface area contributed by atoms with Gasteiger partial charge < -0.3 is 9.15 Å². The lowest BCUT2D eigenvalue weighted by Gasteiger charge is -2.11. The Morgan fingerprint density at radius 1 is 0.844 bits per heavy atom. The SMILES string of the molecule is N#Cc1c(-c2ccccc2)c2ccc3cc(OC(=O)c4ccccc4)ccc3c2oc1=O. The molecule has 5 aromatic rings. The first kappa shape index (κ1) is 19.3. The minimum atomic E-state index is -0.689. The zero-order valence-electron chi connectivity index (χ0n) is 16.7. The number of nitriles is 1. The van der Waals surface area contributed by atoms with Crippen LogP contribution in [-0.2, 0) is 0 Å². The van der Waals surface area contributed by atoms with Gasteiger partial charge in [-0.2, -0.15) is 5.26 Å². The highest BCUT2D eigenvalue weighted by Gasteiger charge is 2.18. The van der Waals surface area contributed by atoms with Crippen molar-refractivity contribution in [3.05, 3.63) is 113 Å². The molecule has 0 saturated heterocycles. The van der Waals surface area contributed by atoms with E-state index in [2.05, 4.69) is 0 Å². The summed E-state index contributed by atoms with van der Waals surface area (Å²) < 4.78 is 11.1.